The van der Waals surface area contributed by atoms with Gasteiger partial charge in [-0.3, -0.25) is 15.0 Å². The highest BCUT2D eigenvalue weighted by Crippen LogP contribution is 2.37. The van der Waals surface area contributed by atoms with E-state index in [0.29, 0.717) is 31.8 Å². The van der Waals surface area contributed by atoms with Crippen LogP contribution in [0.5, 0.6) is 5.75 Å². The van der Waals surface area contributed by atoms with E-state index in [1.54, 1.807) is 19.0 Å². The number of hydrogen-bond donors (Lipinski definition) is 1. The Bertz CT molecular complexity index is 923. The number of aromatic nitrogens is 1. The van der Waals surface area contributed by atoms with Crippen molar-refractivity contribution in [2.45, 2.75) is 45.1 Å². The number of methoxy groups -OCH3 is 1. The van der Waals surface area contributed by atoms with Crippen LogP contribution in [0.3, 0.4) is 0 Å². The molecule has 29 heavy (non-hydrogen) atoms. The van der Waals surface area contributed by atoms with Gasteiger partial charge in [0.25, 0.3) is 5.91 Å². The lowest BCUT2D eigenvalue weighted by Gasteiger charge is -2.33. The summed E-state index contributed by atoms with van der Waals surface area (Å²) < 4.78 is 16.0. The van der Waals surface area contributed by atoms with Crippen LogP contribution >= 0.6 is 0 Å². The fourth-order valence-electron chi connectivity index (χ4n) is 4.05. The van der Waals surface area contributed by atoms with Crippen LogP contribution in [0.1, 0.15) is 47.8 Å². The lowest BCUT2D eigenvalue weighted by atomic mass is 9.89. The lowest BCUT2D eigenvalue weighted by Crippen LogP contribution is -2.54. The third kappa shape index (κ3) is 3.72. The fourth-order valence-corrected chi connectivity index (χ4v) is 4.05. The van der Waals surface area contributed by atoms with Crippen molar-refractivity contribution in [1.29, 1.82) is 0 Å². The summed E-state index contributed by atoms with van der Waals surface area (Å²) in [6, 6.07) is 5.32. The smallest absolute Gasteiger partial charge is 0.325 e. The van der Waals surface area contributed by atoms with Crippen LogP contribution in [0.2, 0.25) is 0 Å². The summed E-state index contributed by atoms with van der Waals surface area (Å²) in [7, 11) is 1.64. The van der Waals surface area contributed by atoms with Crippen LogP contribution in [-0.4, -0.2) is 48.3 Å². The van der Waals surface area contributed by atoms with Gasteiger partial charge in [-0.15, -0.1) is 0 Å². The molecule has 2 aromatic rings. The molecule has 0 spiro atoms. The number of carbonyl (C=O) groups excluding carboxylic acids is 2. The molecule has 1 N–H and O–H groups in total. The number of amides is 1. The summed E-state index contributed by atoms with van der Waals surface area (Å²) >= 11 is 0. The number of fused-ring (bicyclic) bond motifs is 3. The highest BCUT2D eigenvalue weighted by molar-refractivity contribution is 5.95. The number of rotatable bonds is 5. The van der Waals surface area contributed by atoms with Gasteiger partial charge in [0.1, 0.15) is 11.8 Å². The molecule has 1 unspecified atom stereocenters. The van der Waals surface area contributed by atoms with E-state index in [2.05, 4.69) is 10.6 Å². The standard InChI is InChI=1S/C21H25N3O5/c1-3-28-21(26)17-6-4-5-11-24(17)22-20(25)18-16-9-7-13-12-14(27-2)8-10-15(13)19(16)29-23-18/h8,10,12,17H,3-7,9,11H2,1-2H3,(H,22,25). The van der Waals surface area contributed by atoms with Crippen LogP contribution in [0.25, 0.3) is 11.3 Å². The molecule has 1 aromatic carbocycles. The number of esters is 1. The van der Waals surface area contributed by atoms with E-state index in [4.69, 9.17) is 14.0 Å². The maximum absolute atomic E-state index is 12.9. The van der Waals surface area contributed by atoms with Crippen molar-refractivity contribution in [3.8, 4) is 17.1 Å². The van der Waals surface area contributed by atoms with E-state index < -0.39 is 6.04 Å². The van der Waals surface area contributed by atoms with Crippen molar-refractivity contribution in [3.05, 3.63) is 35.0 Å². The van der Waals surface area contributed by atoms with Gasteiger partial charge in [-0.2, -0.15) is 0 Å². The second-order valence-electron chi connectivity index (χ2n) is 7.26. The molecule has 2 aliphatic rings. The minimum Gasteiger partial charge on any atom is -0.497 e. The molecule has 1 amide bonds. The summed E-state index contributed by atoms with van der Waals surface area (Å²) in [6.07, 6.45) is 3.92. The fraction of sp³-hybridized carbons (Fsp3) is 0.476. The summed E-state index contributed by atoms with van der Waals surface area (Å²) in [5, 5.41) is 5.72. The number of ether oxygens (including phenoxy) is 2. The molecule has 1 aliphatic carbocycles. The molecule has 154 valence electrons. The first-order valence-corrected chi connectivity index (χ1v) is 10.0. The highest BCUT2D eigenvalue weighted by atomic mass is 16.5. The first kappa shape index (κ1) is 19.4. The second kappa shape index (κ2) is 8.24. The van der Waals surface area contributed by atoms with E-state index >= 15 is 0 Å². The van der Waals surface area contributed by atoms with Crippen molar-refractivity contribution in [3.63, 3.8) is 0 Å². The third-order valence-corrected chi connectivity index (χ3v) is 5.51. The summed E-state index contributed by atoms with van der Waals surface area (Å²) in [5.41, 5.74) is 5.96. The Hall–Kier alpha value is -2.87. The molecular formula is C21H25N3O5. The van der Waals surface area contributed by atoms with E-state index in [0.717, 1.165) is 41.7 Å². The third-order valence-electron chi connectivity index (χ3n) is 5.51. The number of hydrazine groups is 1. The number of hydrogen-bond acceptors (Lipinski definition) is 7. The van der Waals surface area contributed by atoms with Crippen molar-refractivity contribution in [2.75, 3.05) is 20.3 Å². The molecule has 0 bridgehead atoms. The van der Waals surface area contributed by atoms with Gasteiger partial charge in [-0.1, -0.05) is 5.16 Å². The Labute approximate surface area is 169 Å². The van der Waals surface area contributed by atoms with Gasteiger partial charge in [0.15, 0.2) is 11.5 Å². The van der Waals surface area contributed by atoms with Gasteiger partial charge >= 0.3 is 5.97 Å². The molecule has 0 saturated carbocycles. The largest absolute Gasteiger partial charge is 0.497 e. The van der Waals surface area contributed by atoms with E-state index in [-0.39, 0.29) is 17.6 Å². The maximum Gasteiger partial charge on any atom is 0.325 e. The topological polar surface area (TPSA) is 93.9 Å². The molecule has 8 nitrogen and oxygen atoms in total. The highest BCUT2D eigenvalue weighted by Gasteiger charge is 2.33. The average molecular weight is 399 g/mol. The van der Waals surface area contributed by atoms with Gasteiger partial charge < -0.3 is 14.0 Å². The second-order valence-corrected chi connectivity index (χ2v) is 7.26. The predicted octanol–water partition coefficient (Wildman–Crippen LogP) is 2.51. The monoisotopic (exact) mass is 399 g/mol. The zero-order valence-corrected chi connectivity index (χ0v) is 16.7. The van der Waals surface area contributed by atoms with Crippen molar-refractivity contribution < 1.29 is 23.6 Å². The summed E-state index contributed by atoms with van der Waals surface area (Å²) in [6.45, 7) is 2.69. The minimum atomic E-state index is -0.469. The Balaban J connectivity index is 1.54. The van der Waals surface area contributed by atoms with Gasteiger partial charge in [0.05, 0.1) is 13.7 Å². The van der Waals surface area contributed by atoms with Crippen molar-refractivity contribution >= 4 is 11.9 Å². The Morgan fingerprint density at radius 2 is 2.17 bits per heavy atom. The Morgan fingerprint density at radius 3 is 2.97 bits per heavy atom. The Kier molecular flexibility index (Phi) is 5.53. The summed E-state index contributed by atoms with van der Waals surface area (Å²) in [5.74, 6) is 0.750. The minimum absolute atomic E-state index is 0.273. The lowest BCUT2D eigenvalue weighted by molar-refractivity contribution is -0.152. The predicted molar refractivity (Wildman–Crippen MR) is 104 cm³/mol. The SMILES string of the molecule is CCOC(=O)C1CCCCN1NC(=O)c1noc2c1CCc1cc(OC)ccc1-2. The molecule has 8 heteroatoms. The molecule has 1 atom stereocenters. The molecule has 4 rings (SSSR count). The normalized spacial score (nSPS) is 18.5. The van der Waals surface area contributed by atoms with Crippen LogP contribution in [-0.2, 0) is 22.4 Å². The average Bonchev–Trinajstić information content (AvgIpc) is 3.18. The molecule has 2 heterocycles. The van der Waals surface area contributed by atoms with Gasteiger partial charge in [-0.25, -0.2) is 5.01 Å². The molecule has 0 radical (unpaired) electrons. The maximum atomic E-state index is 12.9. The molecule has 1 saturated heterocycles. The number of benzene rings is 1. The molecular weight excluding hydrogens is 374 g/mol. The number of aryl methyl sites for hydroxylation is 1. The van der Waals surface area contributed by atoms with Gasteiger partial charge in [-0.05, 0) is 62.8 Å². The van der Waals surface area contributed by atoms with E-state index in [1.165, 1.54) is 0 Å². The van der Waals surface area contributed by atoms with Crippen LogP contribution in [0.4, 0.5) is 0 Å². The summed E-state index contributed by atoms with van der Waals surface area (Å²) in [4.78, 5) is 25.2. The quantitative estimate of drug-likeness (QED) is 0.772. The number of nitrogens with zero attached hydrogens (tertiary/aromatic N) is 2. The molecule has 1 aromatic heterocycles. The zero-order chi connectivity index (χ0) is 20.4. The van der Waals surface area contributed by atoms with Crippen molar-refractivity contribution in [2.24, 2.45) is 0 Å². The van der Waals surface area contributed by atoms with E-state index in [9.17, 15) is 9.59 Å². The Morgan fingerprint density at radius 1 is 1.31 bits per heavy atom. The van der Waals surface area contributed by atoms with Crippen LogP contribution < -0.4 is 10.2 Å². The van der Waals surface area contributed by atoms with Gasteiger partial charge in [0, 0.05) is 17.7 Å². The van der Waals surface area contributed by atoms with E-state index in [1.807, 2.05) is 18.2 Å². The van der Waals surface area contributed by atoms with Crippen LogP contribution in [0, 0.1) is 0 Å². The first-order valence-electron chi connectivity index (χ1n) is 10.0. The van der Waals surface area contributed by atoms with Crippen LogP contribution in [0.15, 0.2) is 22.7 Å². The first-order chi connectivity index (χ1) is 14.1. The molecule has 1 fully saturated rings. The number of piperidine rings is 1. The van der Waals surface area contributed by atoms with Gasteiger partial charge in [0.2, 0.25) is 0 Å². The zero-order valence-electron chi connectivity index (χ0n) is 16.7. The van der Waals surface area contributed by atoms with Crippen molar-refractivity contribution in [1.82, 2.24) is 15.6 Å². The number of nitrogens with one attached hydrogen (secondary N) is 1. The molecule has 1 aliphatic heterocycles. The number of carbonyl (C=O) groups is 2.